The van der Waals surface area contributed by atoms with Gasteiger partial charge < -0.3 is 15.4 Å². The Morgan fingerprint density at radius 2 is 1.86 bits per heavy atom. The first-order valence-electron chi connectivity index (χ1n) is 10.4. The molecule has 10 heteroatoms. The standard InChI is InChI=1S/C19H36F3N5O.HI/c1-4-23-18(24-11-16-5-6-26(13-16)14-19(20,21)22)25-12-17(15(2)3)27-7-9-28-10-8-27;/h15-17H,4-14H2,1-3H3,(H2,23,24,25);1H. The molecule has 2 N–H and O–H groups in total. The first-order chi connectivity index (χ1) is 13.3. The van der Waals surface area contributed by atoms with Gasteiger partial charge in [-0.05, 0) is 31.7 Å². The van der Waals surface area contributed by atoms with Crippen LogP contribution >= 0.6 is 24.0 Å². The number of likely N-dealkylation sites (tertiary alicyclic amines) is 1. The molecule has 0 aliphatic carbocycles. The van der Waals surface area contributed by atoms with E-state index in [1.165, 1.54) is 4.90 Å². The van der Waals surface area contributed by atoms with Gasteiger partial charge in [0.25, 0.3) is 0 Å². The summed E-state index contributed by atoms with van der Waals surface area (Å²) in [6.07, 6.45) is -3.34. The van der Waals surface area contributed by atoms with Crippen LogP contribution in [0.1, 0.15) is 27.2 Å². The molecule has 2 atom stereocenters. The second kappa shape index (κ2) is 13.2. The van der Waals surface area contributed by atoms with E-state index in [0.717, 1.165) is 45.2 Å². The number of halogens is 4. The fourth-order valence-electron chi connectivity index (χ4n) is 3.90. The molecule has 0 amide bonds. The maximum Gasteiger partial charge on any atom is 0.401 e. The van der Waals surface area contributed by atoms with Crippen LogP contribution < -0.4 is 10.6 Å². The van der Waals surface area contributed by atoms with Gasteiger partial charge in [-0.3, -0.25) is 14.8 Å². The minimum atomic E-state index is -4.12. The molecule has 0 spiro atoms. The van der Waals surface area contributed by atoms with Gasteiger partial charge in [0.05, 0.1) is 26.3 Å². The number of hydrogen-bond acceptors (Lipinski definition) is 4. The maximum atomic E-state index is 12.5. The Kier molecular flexibility index (Phi) is 12.1. The predicted octanol–water partition coefficient (Wildman–Crippen LogP) is 2.40. The minimum Gasteiger partial charge on any atom is -0.379 e. The highest BCUT2D eigenvalue weighted by Crippen LogP contribution is 2.22. The summed E-state index contributed by atoms with van der Waals surface area (Å²) < 4.78 is 43.1. The quantitative estimate of drug-likeness (QED) is 0.284. The number of rotatable bonds is 8. The van der Waals surface area contributed by atoms with Crippen LogP contribution in [0.15, 0.2) is 4.99 Å². The summed E-state index contributed by atoms with van der Waals surface area (Å²) >= 11 is 0. The summed E-state index contributed by atoms with van der Waals surface area (Å²) in [5.74, 6) is 1.44. The van der Waals surface area contributed by atoms with Crippen LogP contribution in [0.4, 0.5) is 13.2 Å². The van der Waals surface area contributed by atoms with Gasteiger partial charge in [0.2, 0.25) is 0 Å². The molecule has 0 radical (unpaired) electrons. The normalized spacial score (nSPS) is 23.1. The summed E-state index contributed by atoms with van der Waals surface area (Å²) in [5.41, 5.74) is 0. The molecular weight excluding hydrogens is 498 g/mol. The van der Waals surface area contributed by atoms with E-state index in [4.69, 9.17) is 9.73 Å². The molecule has 0 saturated carbocycles. The number of alkyl halides is 3. The van der Waals surface area contributed by atoms with Crippen LogP contribution in [-0.2, 0) is 4.74 Å². The van der Waals surface area contributed by atoms with Gasteiger partial charge in [-0.2, -0.15) is 13.2 Å². The monoisotopic (exact) mass is 535 g/mol. The number of ether oxygens (including phenoxy) is 1. The van der Waals surface area contributed by atoms with Crippen LogP contribution in [0.5, 0.6) is 0 Å². The topological polar surface area (TPSA) is 52.1 Å². The van der Waals surface area contributed by atoms with Crippen molar-refractivity contribution in [3.63, 3.8) is 0 Å². The van der Waals surface area contributed by atoms with Crippen LogP contribution in [0.2, 0.25) is 0 Å². The molecule has 0 aromatic heterocycles. The molecule has 2 aliphatic rings. The molecule has 0 aromatic rings. The molecule has 2 fully saturated rings. The Balaban J connectivity index is 0.00000420. The summed E-state index contributed by atoms with van der Waals surface area (Å²) in [6.45, 7) is 12.1. The average molecular weight is 535 g/mol. The molecule has 2 aliphatic heterocycles. The predicted molar refractivity (Wildman–Crippen MR) is 121 cm³/mol. The number of hydrogen-bond donors (Lipinski definition) is 2. The molecule has 29 heavy (non-hydrogen) atoms. The molecule has 172 valence electrons. The zero-order valence-corrected chi connectivity index (χ0v) is 20.1. The van der Waals surface area contributed by atoms with E-state index in [-0.39, 0.29) is 29.9 Å². The van der Waals surface area contributed by atoms with E-state index in [9.17, 15) is 13.2 Å². The van der Waals surface area contributed by atoms with Crippen LogP contribution in [0, 0.1) is 11.8 Å². The number of aliphatic imine (C=N–C) groups is 1. The van der Waals surface area contributed by atoms with E-state index in [2.05, 4.69) is 29.4 Å². The van der Waals surface area contributed by atoms with Crippen molar-refractivity contribution in [2.75, 3.05) is 65.6 Å². The van der Waals surface area contributed by atoms with Crippen molar-refractivity contribution in [1.82, 2.24) is 20.4 Å². The second-order valence-corrected chi connectivity index (χ2v) is 8.07. The smallest absolute Gasteiger partial charge is 0.379 e. The molecule has 2 saturated heterocycles. The van der Waals surface area contributed by atoms with Crippen molar-refractivity contribution >= 4 is 29.9 Å². The lowest BCUT2D eigenvalue weighted by molar-refractivity contribution is -0.143. The highest BCUT2D eigenvalue weighted by molar-refractivity contribution is 14.0. The zero-order chi connectivity index (χ0) is 20.6. The fourth-order valence-corrected chi connectivity index (χ4v) is 3.90. The molecule has 2 heterocycles. The molecule has 6 nitrogen and oxygen atoms in total. The highest BCUT2D eigenvalue weighted by Gasteiger charge is 2.34. The first-order valence-corrected chi connectivity index (χ1v) is 10.4. The van der Waals surface area contributed by atoms with Gasteiger partial charge in [0.1, 0.15) is 0 Å². The lowest BCUT2D eigenvalue weighted by Gasteiger charge is -2.36. The lowest BCUT2D eigenvalue weighted by atomic mass is 10.0. The average Bonchev–Trinajstić information content (AvgIpc) is 3.05. The van der Waals surface area contributed by atoms with Gasteiger partial charge in [0.15, 0.2) is 5.96 Å². The summed E-state index contributed by atoms with van der Waals surface area (Å²) in [7, 11) is 0. The molecular formula is C19H37F3IN5O. The minimum absolute atomic E-state index is 0. The Hall–Kier alpha value is -0.330. The van der Waals surface area contributed by atoms with Crippen LogP contribution in [0.3, 0.4) is 0 Å². The highest BCUT2D eigenvalue weighted by atomic mass is 127. The third kappa shape index (κ3) is 10.0. The van der Waals surface area contributed by atoms with Gasteiger partial charge in [0, 0.05) is 38.8 Å². The maximum absolute atomic E-state index is 12.5. The SMILES string of the molecule is CCNC(=NCC(C(C)C)N1CCOCC1)NCC1CCN(CC(F)(F)F)C1.I. The van der Waals surface area contributed by atoms with E-state index in [1.807, 2.05) is 6.92 Å². The van der Waals surface area contributed by atoms with Crippen molar-refractivity contribution in [1.29, 1.82) is 0 Å². The number of nitrogens with one attached hydrogen (secondary N) is 2. The van der Waals surface area contributed by atoms with Crippen molar-refractivity contribution in [3.05, 3.63) is 0 Å². The van der Waals surface area contributed by atoms with E-state index in [0.29, 0.717) is 38.1 Å². The van der Waals surface area contributed by atoms with Crippen molar-refractivity contribution < 1.29 is 17.9 Å². The van der Waals surface area contributed by atoms with E-state index >= 15 is 0 Å². The second-order valence-electron chi connectivity index (χ2n) is 8.07. The Bertz CT molecular complexity index is 487. The van der Waals surface area contributed by atoms with E-state index in [1.54, 1.807) is 0 Å². The van der Waals surface area contributed by atoms with Crippen molar-refractivity contribution in [2.45, 2.75) is 39.4 Å². The molecule has 2 rings (SSSR count). The van der Waals surface area contributed by atoms with E-state index < -0.39 is 12.7 Å². The largest absolute Gasteiger partial charge is 0.401 e. The number of guanidine groups is 1. The molecule has 2 unspecified atom stereocenters. The zero-order valence-electron chi connectivity index (χ0n) is 17.8. The lowest BCUT2D eigenvalue weighted by Crippen LogP contribution is -2.48. The van der Waals surface area contributed by atoms with Crippen LogP contribution in [0.25, 0.3) is 0 Å². The third-order valence-electron chi connectivity index (χ3n) is 5.40. The molecule has 0 aromatic carbocycles. The Morgan fingerprint density at radius 1 is 1.17 bits per heavy atom. The van der Waals surface area contributed by atoms with Gasteiger partial charge >= 0.3 is 6.18 Å². The Morgan fingerprint density at radius 3 is 2.45 bits per heavy atom. The molecule has 0 bridgehead atoms. The number of nitrogens with zero attached hydrogens (tertiary/aromatic N) is 3. The Labute approximate surface area is 190 Å². The summed E-state index contributed by atoms with van der Waals surface area (Å²) in [6, 6.07) is 0.355. The number of morpholine rings is 1. The van der Waals surface area contributed by atoms with Crippen molar-refractivity contribution in [2.24, 2.45) is 16.8 Å². The van der Waals surface area contributed by atoms with Gasteiger partial charge in [-0.25, -0.2) is 0 Å². The first kappa shape index (κ1) is 26.7. The van der Waals surface area contributed by atoms with Gasteiger partial charge in [-0.15, -0.1) is 24.0 Å². The summed E-state index contributed by atoms with van der Waals surface area (Å²) in [5, 5.41) is 6.59. The fraction of sp³-hybridized carbons (Fsp3) is 0.947. The third-order valence-corrected chi connectivity index (χ3v) is 5.40. The van der Waals surface area contributed by atoms with Crippen LogP contribution in [-0.4, -0.2) is 93.5 Å². The summed E-state index contributed by atoms with van der Waals surface area (Å²) in [4.78, 5) is 8.70. The van der Waals surface area contributed by atoms with Gasteiger partial charge in [-0.1, -0.05) is 13.8 Å². The van der Waals surface area contributed by atoms with Crippen molar-refractivity contribution in [3.8, 4) is 0 Å².